The molecule has 4 rings (SSSR count). The predicted molar refractivity (Wildman–Crippen MR) is 109 cm³/mol. The van der Waals surface area contributed by atoms with Crippen molar-refractivity contribution in [2.75, 3.05) is 18.9 Å². The highest BCUT2D eigenvalue weighted by Crippen LogP contribution is 2.26. The van der Waals surface area contributed by atoms with Crippen LogP contribution in [0.15, 0.2) is 35.7 Å². The topological polar surface area (TPSA) is 81.9 Å². The zero-order valence-corrected chi connectivity index (χ0v) is 16.8. The molecule has 0 aliphatic carbocycles. The van der Waals surface area contributed by atoms with Crippen LogP contribution in [0.25, 0.3) is 16.7 Å². The van der Waals surface area contributed by atoms with Gasteiger partial charge >= 0.3 is 0 Å². The van der Waals surface area contributed by atoms with E-state index in [2.05, 4.69) is 46.4 Å². The van der Waals surface area contributed by atoms with Crippen molar-refractivity contribution in [3.63, 3.8) is 0 Å². The fraction of sp³-hybridized carbons (Fsp3) is 0.400. The van der Waals surface area contributed by atoms with E-state index in [1.54, 1.807) is 6.20 Å². The van der Waals surface area contributed by atoms with Crippen molar-refractivity contribution in [3.05, 3.63) is 41.9 Å². The van der Waals surface area contributed by atoms with Gasteiger partial charge in [0.15, 0.2) is 5.65 Å². The van der Waals surface area contributed by atoms with Crippen molar-refractivity contribution in [2.24, 2.45) is 0 Å². The van der Waals surface area contributed by atoms with Gasteiger partial charge in [0, 0.05) is 13.2 Å². The molecule has 1 N–H and O–H groups in total. The first kappa shape index (κ1) is 18.9. The molecule has 1 saturated heterocycles. The van der Waals surface area contributed by atoms with Gasteiger partial charge in [-0.2, -0.15) is 5.10 Å². The standard InChI is InChI=1S/C20H23N5O2S/c1-13-5-6-17(14(2)8-13)25-19-16(10-24-25)20(23-12-22-19)28-11-18(26)21-9-15-4-3-7-27-15/h5-6,8,10,12,15H,3-4,7,9,11H2,1-2H3,(H,21,26). The van der Waals surface area contributed by atoms with E-state index in [4.69, 9.17) is 4.74 Å². The maximum Gasteiger partial charge on any atom is 0.230 e. The molecule has 0 saturated carbocycles. The number of thioether (sulfide) groups is 1. The third-order valence-corrected chi connectivity index (χ3v) is 5.81. The molecule has 1 aromatic carbocycles. The van der Waals surface area contributed by atoms with Crippen molar-refractivity contribution in [1.82, 2.24) is 25.1 Å². The summed E-state index contributed by atoms with van der Waals surface area (Å²) in [5.74, 6) is 0.280. The Morgan fingerprint density at radius 2 is 2.25 bits per heavy atom. The van der Waals surface area contributed by atoms with Crippen molar-refractivity contribution < 1.29 is 9.53 Å². The number of amides is 1. The Hall–Kier alpha value is -2.45. The minimum Gasteiger partial charge on any atom is -0.376 e. The lowest BCUT2D eigenvalue weighted by Crippen LogP contribution is -2.32. The summed E-state index contributed by atoms with van der Waals surface area (Å²) in [5.41, 5.74) is 4.07. The molecule has 0 radical (unpaired) electrons. The fourth-order valence-electron chi connectivity index (χ4n) is 3.37. The number of aromatic nitrogens is 4. The van der Waals surface area contributed by atoms with Gasteiger partial charge < -0.3 is 10.1 Å². The zero-order chi connectivity index (χ0) is 19.5. The third kappa shape index (κ3) is 4.02. The van der Waals surface area contributed by atoms with Gasteiger partial charge in [0.25, 0.3) is 0 Å². The van der Waals surface area contributed by atoms with E-state index in [1.807, 2.05) is 10.7 Å². The Morgan fingerprint density at radius 3 is 3.04 bits per heavy atom. The van der Waals surface area contributed by atoms with Crippen LogP contribution in [0.1, 0.15) is 24.0 Å². The summed E-state index contributed by atoms with van der Waals surface area (Å²) in [5, 5.41) is 9.06. The summed E-state index contributed by atoms with van der Waals surface area (Å²) in [4.78, 5) is 20.9. The normalized spacial score (nSPS) is 16.6. The molecule has 0 spiro atoms. The molecule has 3 aromatic rings. The number of benzene rings is 1. The molecular formula is C20H23N5O2S. The molecule has 3 heterocycles. The van der Waals surface area contributed by atoms with Gasteiger partial charge in [0.2, 0.25) is 5.91 Å². The van der Waals surface area contributed by atoms with Crippen LogP contribution in [0.2, 0.25) is 0 Å². The van der Waals surface area contributed by atoms with Crippen molar-refractivity contribution >= 4 is 28.7 Å². The maximum atomic E-state index is 12.2. The minimum absolute atomic E-state index is 0.0194. The van der Waals surface area contributed by atoms with Crippen LogP contribution >= 0.6 is 11.8 Å². The average Bonchev–Trinajstić information content (AvgIpc) is 3.35. The Labute approximate surface area is 167 Å². The number of rotatable bonds is 6. The van der Waals surface area contributed by atoms with Crippen molar-refractivity contribution in [1.29, 1.82) is 0 Å². The molecule has 1 amide bonds. The van der Waals surface area contributed by atoms with Crippen LogP contribution in [0.3, 0.4) is 0 Å². The Balaban J connectivity index is 1.48. The van der Waals surface area contributed by atoms with Crippen LogP contribution < -0.4 is 5.32 Å². The van der Waals surface area contributed by atoms with Gasteiger partial charge in [-0.1, -0.05) is 29.5 Å². The molecule has 1 aliphatic rings. The number of carbonyl (C=O) groups is 1. The number of nitrogens with one attached hydrogen (secondary N) is 1. The molecule has 146 valence electrons. The maximum absolute atomic E-state index is 12.2. The second kappa shape index (κ2) is 8.28. The summed E-state index contributed by atoms with van der Waals surface area (Å²) >= 11 is 1.40. The van der Waals surface area contributed by atoms with Crippen LogP contribution in [-0.4, -0.2) is 50.7 Å². The van der Waals surface area contributed by atoms with Crippen LogP contribution in [-0.2, 0) is 9.53 Å². The number of fused-ring (bicyclic) bond motifs is 1. The smallest absolute Gasteiger partial charge is 0.230 e. The van der Waals surface area contributed by atoms with E-state index in [0.717, 1.165) is 46.8 Å². The number of carbonyl (C=O) groups excluding carboxylic acids is 1. The molecule has 2 aromatic heterocycles. The second-order valence-corrected chi connectivity index (χ2v) is 7.95. The highest BCUT2D eigenvalue weighted by molar-refractivity contribution is 8.00. The van der Waals surface area contributed by atoms with Gasteiger partial charge in [-0.15, -0.1) is 0 Å². The molecule has 0 bridgehead atoms. The molecule has 1 atom stereocenters. The SMILES string of the molecule is Cc1ccc(-n2ncc3c(SCC(=O)NCC4CCCO4)ncnc32)c(C)c1. The van der Waals surface area contributed by atoms with E-state index in [1.165, 1.54) is 23.7 Å². The highest BCUT2D eigenvalue weighted by atomic mass is 32.2. The van der Waals surface area contributed by atoms with Crippen molar-refractivity contribution in [2.45, 2.75) is 37.8 Å². The molecule has 28 heavy (non-hydrogen) atoms. The van der Waals surface area contributed by atoms with E-state index < -0.39 is 0 Å². The van der Waals surface area contributed by atoms with Gasteiger partial charge in [-0.3, -0.25) is 4.79 Å². The second-order valence-electron chi connectivity index (χ2n) is 6.99. The first-order valence-corrected chi connectivity index (χ1v) is 10.4. The van der Waals surface area contributed by atoms with Crippen LogP contribution in [0.5, 0.6) is 0 Å². The quantitative estimate of drug-likeness (QED) is 0.509. The number of hydrogen-bond acceptors (Lipinski definition) is 6. The first-order chi connectivity index (χ1) is 13.6. The average molecular weight is 398 g/mol. The fourth-order valence-corrected chi connectivity index (χ4v) is 4.17. The summed E-state index contributed by atoms with van der Waals surface area (Å²) in [6.07, 6.45) is 5.52. The lowest BCUT2D eigenvalue weighted by atomic mass is 10.1. The molecule has 1 unspecified atom stereocenters. The van der Waals surface area contributed by atoms with E-state index in [0.29, 0.717) is 12.3 Å². The van der Waals surface area contributed by atoms with E-state index >= 15 is 0 Å². The summed E-state index contributed by atoms with van der Waals surface area (Å²) in [6, 6.07) is 6.23. The lowest BCUT2D eigenvalue weighted by molar-refractivity contribution is -0.119. The number of aryl methyl sites for hydroxylation is 2. The first-order valence-electron chi connectivity index (χ1n) is 9.39. The van der Waals surface area contributed by atoms with Gasteiger partial charge in [-0.05, 0) is 38.3 Å². The Morgan fingerprint density at radius 1 is 1.36 bits per heavy atom. The van der Waals surface area contributed by atoms with Crippen LogP contribution in [0, 0.1) is 13.8 Å². The summed E-state index contributed by atoms with van der Waals surface area (Å²) in [6.45, 7) is 5.49. The molecule has 8 heteroatoms. The minimum atomic E-state index is -0.0194. The Kier molecular flexibility index (Phi) is 5.59. The monoisotopic (exact) mass is 397 g/mol. The van der Waals surface area contributed by atoms with Gasteiger partial charge in [-0.25, -0.2) is 14.6 Å². The third-order valence-electron chi connectivity index (χ3n) is 4.80. The van der Waals surface area contributed by atoms with E-state index in [-0.39, 0.29) is 12.0 Å². The lowest BCUT2D eigenvalue weighted by Gasteiger charge is -2.10. The molecule has 1 aliphatic heterocycles. The Bertz CT molecular complexity index is 997. The number of ether oxygens (including phenoxy) is 1. The summed E-state index contributed by atoms with van der Waals surface area (Å²) in [7, 11) is 0. The number of hydrogen-bond donors (Lipinski definition) is 1. The molecular weight excluding hydrogens is 374 g/mol. The zero-order valence-electron chi connectivity index (χ0n) is 16.0. The highest BCUT2D eigenvalue weighted by Gasteiger charge is 2.17. The predicted octanol–water partition coefficient (Wildman–Crippen LogP) is 2.82. The van der Waals surface area contributed by atoms with E-state index in [9.17, 15) is 4.79 Å². The molecule has 1 fully saturated rings. The summed E-state index contributed by atoms with van der Waals surface area (Å²) < 4.78 is 7.36. The largest absolute Gasteiger partial charge is 0.376 e. The van der Waals surface area contributed by atoms with Gasteiger partial charge in [0.1, 0.15) is 11.4 Å². The van der Waals surface area contributed by atoms with Gasteiger partial charge in [0.05, 0.1) is 29.1 Å². The van der Waals surface area contributed by atoms with Crippen molar-refractivity contribution in [3.8, 4) is 5.69 Å². The number of nitrogens with zero attached hydrogens (tertiary/aromatic N) is 4. The molecule has 7 nitrogen and oxygen atoms in total. The van der Waals surface area contributed by atoms with Crippen LogP contribution in [0.4, 0.5) is 0 Å².